The molecule has 4 N–H and O–H groups in total. The molecule has 3 heteroatoms. The maximum Gasteiger partial charge on any atom is 0.121 e. The van der Waals surface area contributed by atoms with E-state index < -0.39 is 0 Å². The van der Waals surface area contributed by atoms with Crippen molar-refractivity contribution in [2.75, 3.05) is 13.7 Å². The first-order valence-corrected chi connectivity index (χ1v) is 5.20. The Morgan fingerprint density at radius 3 is 2.53 bits per heavy atom. The third-order valence-corrected chi connectivity index (χ3v) is 2.79. The van der Waals surface area contributed by atoms with E-state index in [1.165, 1.54) is 0 Å². The van der Waals surface area contributed by atoms with E-state index in [9.17, 15) is 0 Å². The van der Waals surface area contributed by atoms with E-state index in [4.69, 9.17) is 16.2 Å². The predicted octanol–water partition coefficient (Wildman–Crippen LogP) is 1.60. The van der Waals surface area contributed by atoms with Crippen LogP contribution in [-0.2, 0) is 0 Å². The highest BCUT2D eigenvalue weighted by atomic mass is 16.5. The molecular formula is C12H20N2O. The molecule has 0 heterocycles. The summed E-state index contributed by atoms with van der Waals surface area (Å²) in [5.41, 5.74) is 13.9. The van der Waals surface area contributed by atoms with Gasteiger partial charge in [0.25, 0.3) is 0 Å². The molecule has 2 atom stereocenters. The van der Waals surface area contributed by atoms with Gasteiger partial charge >= 0.3 is 0 Å². The summed E-state index contributed by atoms with van der Waals surface area (Å²) >= 11 is 0. The van der Waals surface area contributed by atoms with Crippen molar-refractivity contribution in [1.29, 1.82) is 0 Å². The highest BCUT2D eigenvalue weighted by molar-refractivity contribution is 5.37. The average Bonchev–Trinajstić information content (AvgIpc) is 2.26. The maximum absolute atomic E-state index is 6.09. The van der Waals surface area contributed by atoms with Gasteiger partial charge in [-0.15, -0.1) is 0 Å². The monoisotopic (exact) mass is 208 g/mol. The fraction of sp³-hybridized carbons (Fsp3) is 0.500. The molecular weight excluding hydrogens is 188 g/mol. The number of nitrogens with two attached hydrogens (primary N) is 2. The highest BCUT2D eigenvalue weighted by Crippen LogP contribution is 2.24. The Morgan fingerprint density at radius 2 is 2.07 bits per heavy atom. The fourth-order valence-corrected chi connectivity index (χ4v) is 1.58. The Morgan fingerprint density at radius 1 is 1.40 bits per heavy atom. The molecule has 0 fully saturated rings. The van der Waals surface area contributed by atoms with Crippen LogP contribution in [0.25, 0.3) is 0 Å². The summed E-state index contributed by atoms with van der Waals surface area (Å²) < 4.78 is 5.20. The molecule has 3 nitrogen and oxygen atoms in total. The van der Waals surface area contributed by atoms with Crippen LogP contribution >= 0.6 is 0 Å². The normalized spacial score (nSPS) is 14.7. The SMILES string of the molecule is COc1ccc(C(N)C(C)CN)cc1C. The van der Waals surface area contributed by atoms with Crippen molar-refractivity contribution in [2.45, 2.75) is 19.9 Å². The molecule has 0 amide bonds. The van der Waals surface area contributed by atoms with Crippen LogP contribution in [0.1, 0.15) is 24.1 Å². The molecule has 0 aliphatic heterocycles. The quantitative estimate of drug-likeness (QED) is 0.790. The van der Waals surface area contributed by atoms with Crippen LogP contribution in [0.2, 0.25) is 0 Å². The summed E-state index contributed by atoms with van der Waals surface area (Å²) in [6.07, 6.45) is 0. The van der Waals surface area contributed by atoms with Crippen LogP contribution in [0.3, 0.4) is 0 Å². The van der Waals surface area contributed by atoms with Crippen LogP contribution in [0, 0.1) is 12.8 Å². The number of aryl methyl sites for hydroxylation is 1. The number of hydrogen-bond acceptors (Lipinski definition) is 3. The van der Waals surface area contributed by atoms with E-state index in [2.05, 4.69) is 13.0 Å². The summed E-state index contributed by atoms with van der Waals surface area (Å²) in [5, 5.41) is 0. The zero-order chi connectivity index (χ0) is 11.4. The minimum absolute atomic E-state index is 0.000365. The molecule has 84 valence electrons. The average molecular weight is 208 g/mol. The fourth-order valence-electron chi connectivity index (χ4n) is 1.58. The Balaban J connectivity index is 2.92. The molecule has 1 aromatic carbocycles. The minimum atomic E-state index is -0.000365. The topological polar surface area (TPSA) is 61.3 Å². The second kappa shape index (κ2) is 5.14. The first-order chi connectivity index (χ1) is 7.10. The Bertz CT molecular complexity index is 325. The lowest BCUT2D eigenvalue weighted by Crippen LogP contribution is -2.25. The Hall–Kier alpha value is -1.06. The van der Waals surface area contributed by atoms with Gasteiger partial charge in [-0.05, 0) is 36.6 Å². The van der Waals surface area contributed by atoms with Crippen LogP contribution < -0.4 is 16.2 Å². The van der Waals surface area contributed by atoms with Crippen LogP contribution in [-0.4, -0.2) is 13.7 Å². The van der Waals surface area contributed by atoms with E-state index in [1.54, 1.807) is 7.11 Å². The van der Waals surface area contributed by atoms with Crippen molar-refractivity contribution in [1.82, 2.24) is 0 Å². The number of methoxy groups -OCH3 is 1. The maximum atomic E-state index is 6.09. The van der Waals surface area contributed by atoms with Crippen LogP contribution in [0.4, 0.5) is 0 Å². The van der Waals surface area contributed by atoms with Gasteiger partial charge in [0.15, 0.2) is 0 Å². The Labute approximate surface area is 91.4 Å². The molecule has 1 aromatic rings. The van der Waals surface area contributed by atoms with Crippen LogP contribution in [0.15, 0.2) is 18.2 Å². The van der Waals surface area contributed by atoms with Gasteiger partial charge in [-0.25, -0.2) is 0 Å². The van der Waals surface area contributed by atoms with Gasteiger partial charge < -0.3 is 16.2 Å². The summed E-state index contributed by atoms with van der Waals surface area (Å²) in [6.45, 7) is 4.68. The van der Waals surface area contributed by atoms with Crippen molar-refractivity contribution < 1.29 is 4.74 Å². The molecule has 0 aliphatic carbocycles. The number of benzene rings is 1. The highest BCUT2D eigenvalue weighted by Gasteiger charge is 2.14. The molecule has 0 aromatic heterocycles. The van der Waals surface area contributed by atoms with Gasteiger partial charge in [-0.3, -0.25) is 0 Å². The molecule has 0 saturated carbocycles. The largest absolute Gasteiger partial charge is 0.496 e. The summed E-state index contributed by atoms with van der Waals surface area (Å²) in [7, 11) is 1.67. The van der Waals surface area contributed by atoms with Crippen molar-refractivity contribution in [2.24, 2.45) is 17.4 Å². The minimum Gasteiger partial charge on any atom is -0.496 e. The van der Waals surface area contributed by atoms with E-state index in [0.717, 1.165) is 16.9 Å². The van der Waals surface area contributed by atoms with E-state index in [1.807, 2.05) is 19.1 Å². The van der Waals surface area contributed by atoms with Gasteiger partial charge in [-0.2, -0.15) is 0 Å². The first-order valence-electron chi connectivity index (χ1n) is 5.20. The number of rotatable bonds is 4. The smallest absolute Gasteiger partial charge is 0.121 e. The van der Waals surface area contributed by atoms with Crippen molar-refractivity contribution in [3.05, 3.63) is 29.3 Å². The molecule has 0 radical (unpaired) electrons. The zero-order valence-corrected chi connectivity index (χ0v) is 9.66. The predicted molar refractivity (Wildman–Crippen MR) is 62.9 cm³/mol. The van der Waals surface area contributed by atoms with E-state index in [0.29, 0.717) is 6.54 Å². The van der Waals surface area contributed by atoms with Crippen LogP contribution in [0.5, 0.6) is 5.75 Å². The second-order valence-corrected chi connectivity index (χ2v) is 3.97. The van der Waals surface area contributed by atoms with Crippen molar-refractivity contribution in [3.8, 4) is 5.75 Å². The standard InChI is InChI=1S/C12H20N2O/c1-8-6-10(4-5-11(8)15-3)12(14)9(2)7-13/h4-6,9,12H,7,13-14H2,1-3H3. The number of ether oxygens (including phenoxy) is 1. The summed E-state index contributed by atoms with van der Waals surface area (Å²) in [6, 6.07) is 6.02. The molecule has 0 aliphatic rings. The third kappa shape index (κ3) is 2.70. The van der Waals surface area contributed by atoms with Gasteiger partial charge in [0.05, 0.1) is 7.11 Å². The number of hydrogen-bond donors (Lipinski definition) is 2. The third-order valence-electron chi connectivity index (χ3n) is 2.79. The van der Waals surface area contributed by atoms with Crippen molar-refractivity contribution in [3.63, 3.8) is 0 Å². The molecule has 0 spiro atoms. The Kier molecular flexibility index (Phi) is 4.12. The summed E-state index contributed by atoms with van der Waals surface area (Å²) in [5.74, 6) is 1.18. The molecule has 2 unspecified atom stereocenters. The van der Waals surface area contributed by atoms with Gasteiger partial charge in [0.2, 0.25) is 0 Å². The second-order valence-electron chi connectivity index (χ2n) is 3.97. The lowest BCUT2D eigenvalue weighted by molar-refractivity contribution is 0.410. The van der Waals surface area contributed by atoms with Crippen molar-refractivity contribution >= 4 is 0 Å². The van der Waals surface area contributed by atoms with E-state index >= 15 is 0 Å². The summed E-state index contributed by atoms with van der Waals surface area (Å²) in [4.78, 5) is 0. The van der Waals surface area contributed by atoms with Gasteiger partial charge in [0.1, 0.15) is 5.75 Å². The molecule has 15 heavy (non-hydrogen) atoms. The molecule has 1 rings (SSSR count). The molecule has 0 bridgehead atoms. The van der Waals surface area contributed by atoms with Gasteiger partial charge in [-0.1, -0.05) is 19.1 Å². The first kappa shape index (κ1) is 12.0. The molecule has 0 saturated heterocycles. The lowest BCUT2D eigenvalue weighted by atomic mass is 9.94. The van der Waals surface area contributed by atoms with E-state index in [-0.39, 0.29) is 12.0 Å². The van der Waals surface area contributed by atoms with Gasteiger partial charge in [0, 0.05) is 6.04 Å². The lowest BCUT2D eigenvalue weighted by Gasteiger charge is -2.19. The zero-order valence-electron chi connectivity index (χ0n) is 9.66.